The second-order valence-electron chi connectivity index (χ2n) is 22.3. The lowest BCUT2D eigenvalue weighted by molar-refractivity contribution is -0.167. The maximum atomic E-state index is 12.9. The zero-order valence-electron chi connectivity index (χ0n) is 53.5. The molecule has 0 bridgehead atoms. The van der Waals surface area contributed by atoms with Crippen LogP contribution in [0.3, 0.4) is 0 Å². The second-order valence-corrected chi connectivity index (χ2v) is 22.3. The molecule has 82 heavy (non-hydrogen) atoms. The summed E-state index contributed by atoms with van der Waals surface area (Å²) in [6.07, 6.45) is 97.6. The number of carbonyl (C=O) groups excluding carboxylic acids is 3. The third-order valence-electron chi connectivity index (χ3n) is 14.4. The van der Waals surface area contributed by atoms with Gasteiger partial charge in [-0.1, -0.05) is 309 Å². The fourth-order valence-corrected chi connectivity index (χ4v) is 9.36. The van der Waals surface area contributed by atoms with Crippen molar-refractivity contribution >= 4 is 17.9 Å². The minimum atomic E-state index is -0.786. The number of allylic oxidation sites excluding steroid dienone is 22. The van der Waals surface area contributed by atoms with E-state index in [0.29, 0.717) is 19.3 Å². The average Bonchev–Trinajstić information content (AvgIpc) is 3.48. The molecule has 0 amide bonds. The Morgan fingerprint density at radius 2 is 0.476 bits per heavy atom. The Morgan fingerprint density at radius 3 is 0.744 bits per heavy atom. The van der Waals surface area contributed by atoms with E-state index in [2.05, 4.69) is 154 Å². The first-order valence-electron chi connectivity index (χ1n) is 34.2. The van der Waals surface area contributed by atoms with E-state index in [9.17, 15) is 14.4 Å². The maximum Gasteiger partial charge on any atom is 0.306 e. The first-order chi connectivity index (χ1) is 40.5. The molecule has 0 radical (unpaired) electrons. The number of hydrogen-bond acceptors (Lipinski definition) is 6. The molecule has 1 unspecified atom stereocenters. The predicted molar refractivity (Wildman–Crippen MR) is 357 cm³/mol. The SMILES string of the molecule is CC/C=C\C/C=C\C/C=C\C/C=C\C/C=C\C/C=C\C/C=C\CCCCCCCCCCCCCC(=O)OCC(COC(=O)CCCCCCCCCCCC)OC(=O)CCCCCCCCCC/C=C\C/C=C\C/C=C\C/C=C\CC. The number of carbonyl (C=O) groups is 3. The smallest absolute Gasteiger partial charge is 0.306 e. The highest BCUT2D eigenvalue weighted by Crippen LogP contribution is 2.16. The number of esters is 3. The van der Waals surface area contributed by atoms with Crippen LogP contribution in [0, 0.1) is 0 Å². The van der Waals surface area contributed by atoms with Crippen LogP contribution in [0.5, 0.6) is 0 Å². The molecule has 6 nitrogen and oxygen atoms in total. The van der Waals surface area contributed by atoms with Crippen LogP contribution in [0.4, 0.5) is 0 Å². The van der Waals surface area contributed by atoms with Crippen molar-refractivity contribution < 1.29 is 28.6 Å². The van der Waals surface area contributed by atoms with Crippen LogP contribution >= 0.6 is 0 Å². The molecule has 0 saturated carbocycles. The van der Waals surface area contributed by atoms with Gasteiger partial charge in [-0.05, 0) is 116 Å². The topological polar surface area (TPSA) is 78.9 Å². The minimum Gasteiger partial charge on any atom is -0.462 e. The van der Waals surface area contributed by atoms with Gasteiger partial charge in [0.25, 0.3) is 0 Å². The fourth-order valence-electron chi connectivity index (χ4n) is 9.36. The van der Waals surface area contributed by atoms with Crippen molar-refractivity contribution in [3.63, 3.8) is 0 Å². The highest BCUT2D eigenvalue weighted by atomic mass is 16.6. The molecule has 0 aliphatic rings. The van der Waals surface area contributed by atoms with Crippen molar-refractivity contribution in [2.24, 2.45) is 0 Å². The molecular weight excluding hydrogens is 1010 g/mol. The van der Waals surface area contributed by atoms with Gasteiger partial charge in [-0.2, -0.15) is 0 Å². The van der Waals surface area contributed by atoms with Crippen LogP contribution in [0.2, 0.25) is 0 Å². The Labute approximate surface area is 506 Å². The van der Waals surface area contributed by atoms with Gasteiger partial charge in [0.15, 0.2) is 6.10 Å². The van der Waals surface area contributed by atoms with Gasteiger partial charge in [-0.15, -0.1) is 0 Å². The quantitative estimate of drug-likeness (QED) is 0.0261. The van der Waals surface area contributed by atoms with E-state index in [-0.39, 0.29) is 31.1 Å². The summed E-state index contributed by atoms with van der Waals surface area (Å²) < 4.78 is 16.9. The van der Waals surface area contributed by atoms with E-state index in [1.165, 1.54) is 135 Å². The lowest BCUT2D eigenvalue weighted by Gasteiger charge is -2.18. The first-order valence-corrected chi connectivity index (χ1v) is 34.2. The molecule has 1 atom stereocenters. The Morgan fingerprint density at radius 1 is 0.256 bits per heavy atom. The largest absolute Gasteiger partial charge is 0.462 e. The molecule has 0 aromatic heterocycles. The molecule has 0 aliphatic carbocycles. The van der Waals surface area contributed by atoms with Crippen LogP contribution in [0.15, 0.2) is 134 Å². The van der Waals surface area contributed by atoms with Crippen LogP contribution < -0.4 is 0 Å². The van der Waals surface area contributed by atoms with E-state index in [4.69, 9.17) is 14.2 Å². The third kappa shape index (κ3) is 66.4. The maximum absolute atomic E-state index is 12.9. The fraction of sp³-hybridized carbons (Fsp3) is 0.671. The van der Waals surface area contributed by atoms with Crippen molar-refractivity contribution in [2.45, 2.75) is 316 Å². The highest BCUT2D eigenvalue weighted by molar-refractivity contribution is 5.71. The summed E-state index contributed by atoms with van der Waals surface area (Å²) in [5.74, 6) is -0.888. The number of unbranched alkanes of at least 4 members (excludes halogenated alkanes) is 28. The molecule has 0 saturated heterocycles. The summed E-state index contributed by atoms with van der Waals surface area (Å²) in [6.45, 7) is 6.41. The van der Waals surface area contributed by atoms with Gasteiger partial charge < -0.3 is 14.2 Å². The zero-order valence-corrected chi connectivity index (χ0v) is 53.5. The van der Waals surface area contributed by atoms with Gasteiger partial charge in [-0.3, -0.25) is 14.4 Å². The van der Waals surface area contributed by atoms with Crippen LogP contribution in [-0.2, 0) is 28.6 Å². The molecular formula is C76H126O6. The summed E-state index contributed by atoms with van der Waals surface area (Å²) >= 11 is 0. The zero-order chi connectivity index (χ0) is 59.2. The number of rotatable bonds is 61. The Hall–Kier alpha value is -4.45. The lowest BCUT2D eigenvalue weighted by Crippen LogP contribution is -2.30. The Bertz CT molecular complexity index is 1730. The lowest BCUT2D eigenvalue weighted by atomic mass is 10.0. The van der Waals surface area contributed by atoms with Crippen LogP contribution in [0.1, 0.15) is 310 Å². The van der Waals surface area contributed by atoms with Gasteiger partial charge in [0, 0.05) is 19.3 Å². The molecule has 0 heterocycles. The molecule has 0 N–H and O–H groups in total. The first kappa shape index (κ1) is 77.5. The molecule has 0 rings (SSSR count). The standard InChI is InChI=1S/C76H126O6/c1-4-7-10-13-16-19-22-24-26-28-30-32-33-34-35-36-37-38-39-40-41-42-43-45-46-48-50-52-54-57-60-63-66-69-75(78)81-72-73(71-80-74(77)68-65-62-59-56-21-18-15-12-9-6-3)82-76(79)70-67-64-61-58-55-53-51-49-47-44-31-29-27-25-23-20-17-14-11-8-5-2/h7-8,10-11,16-17,19-20,24-27,30-32,34-35,37-38,40-41,44,73H,4-6,9,12-15,18,21-23,28-29,33,36,39,42-43,45-72H2,1-3H3/b10-7-,11-8-,19-16-,20-17-,26-24-,27-25-,32-30-,35-34-,38-37-,41-40-,44-31-. The van der Waals surface area contributed by atoms with E-state index >= 15 is 0 Å². The summed E-state index contributed by atoms with van der Waals surface area (Å²) in [7, 11) is 0. The van der Waals surface area contributed by atoms with E-state index < -0.39 is 6.10 Å². The molecule has 466 valence electrons. The Kier molecular flexibility index (Phi) is 65.3. The summed E-state index contributed by atoms with van der Waals surface area (Å²) in [6, 6.07) is 0. The molecule has 0 fully saturated rings. The van der Waals surface area contributed by atoms with Gasteiger partial charge >= 0.3 is 17.9 Å². The second kappa shape index (κ2) is 69.0. The van der Waals surface area contributed by atoms with E-state index in [1.807, 2.05) is 0 Å². The molecule has 0 aliphatic heterocycles. The van der Waals surface area contributed by atoms with Gasteiger partial charge in [-0.25, -0.2) is 0 Å². The van der Waals surface area contributed by atoms with Gasteiger partial charge in [0.05, 0.1) is 0 Å². The van der Waals surface area contributed by atoms with Crippen molar-refractivity contribution in [2.75, 3.05) is 13.2 Å². The molecule has 0 aromatic carbocycles. The minimum absolute atomic E-state index is 0.0818. The number of hydrogen-bond donors (Lipinski definition) is 0. The summed E-state index contributed by atoms with van der Waals surface area (Å²) in [5, 5.41) is 0. The Balaban J connectivity index is 4.22. The van der Waals surface area contributed by atoms with Crippen molar-refractivity contribution in [3.8, 4) is 0 Å². The summed E-state index contributed by atoms with van der Waals surface area (Å²) in [5.41, 5.74) is 0. The van der Waals surface area contributed by atoms with Crippen molar-refractivity contribution in [1.82, 2.24) is 0 Å². The van der Waals surface area contributed by atoms with Gasteiger partial charge in [0.1, 0.15) is 13.2 Å². The van der Waals surface area contributed by atoms with Crippen molar-refractivity contribution in [3.05, 3.63) is 134 Å². The van der Waals surface area contributed by atoms with E-state index in [0.717, 1.165) is 135 Å². The normalized spacial score (nSPS) is 13.0. The summed E-state index contributed by atoms with van der Waals surface area (Å²) in [4.78, 5) is 38.3. The predicted octanol–water partition coefficient (Wildman–Crippen LogP) is 23.7. The van der Waals surface area contributed by atoms with Crippen LogP contribution in [0.25, 0.3) is 0 Å². The molecule has 0 spiro atoms. The van der Waals surface area contributed by atoms with Crippen molar-refractivity contribution in [1.29, 1.82) is 0 Å². The van der Waals surface area contributed by atoms with Crippen LogP contribution in [-0.4, -0.2) is 37.2 Å². The molecule has 0 aromatic rings. The average molecular weight is 1140 g/mol. The van der Waals surface area contributed by atoms with Gasteiger partial charge in [0.2, 0.25) is 0 Å². The third-order valence-corrected chi connectivity index (χ3v) is 14.4. The highest BCUT2D eigenvalue weighted by Gasteiger charge is 2.19. The van der Waals surface area contributed by atoms with E-state index in [1.54, 1.807) is 0 Å². The number of ether oxygens (including phenoxy) is 3. The monoisotopic (exact) mass is 1130 g/mol. The molecule has 6 heteroatoms.